The highest BCUT2D eigenvalue weighted by molar-refractivity contribution is 6.00. The van der Waals surface area contributed by atoms with Crippen molar-refractivity contribution in [2.24, 2.45) is 11.5 Å². The van der Waals surface area contributed by atoms with Crippen LogP contribution in [-0.2, 0) is 0 Å². The maximum Gasteiger partial charge on any atom is 0.197 e. The Kier molecular flexibility index (Phi) is 8.02. The normalized spacial score (nSPS) is 9.94. The van der Waals surface area contributed by atoms with E-state index in [0.717, 1.165) is 22.7 Å². The van der Waals surface area contributed by atoms with E-state index in [4.69, 9.17) is 22.3 Å². The molecule has 0 spiro atoms. The lowest BCUT2D eigenvalue weighted by Gasteiger charge is -2.23. The molecule has 0 aromatic heterocycles. The lowest BCUT2D eigenvalue weighted by atomic mass is 10.2. The first-order valence-electron chi connectivity index (χ1n) is 10.9. The number of rotatable bonds is 4. The molecular formula is C28H30N6. The topological polar surface area (TPSA) is 106 Å². The average molecular weight is 451 g/mol. The van der Waals surface area contributed by atoms with Crippen molar-refractivity contribution in [3.63, 3.8) is 0 Å². The number of para-hydroxylation sites is 2. The van der Waals surface area contributed by atoms with Crippen LogP contribution in [0.25, 0.3) is 0 Å². The van der Waals surface area contributed by atoms with Gasteiger partial charge in [0.15, 0.2) is 11.9 Å². The average Bonchev–Trinajstić information content (AvgIpc) is 2.83. The van der Waals surface area contributed by atoms with Gasteiger partial charge < -0.3 is 11.5 Å². The second-order valence-electron chi connectivity index (χ2n) is 7.78. The van der Waals surface area contributed by atoms with Crippen LogP contribution in [0.1, 0.15) is 11.1 Å². The molecule has 6 N–H and O–H groups in total. The van der Waals surface area contributed by atoms with Gasteiger partial charge in [0.1, 0.15) is 0 Å². The van der Waals surface area contributed by atoms with Gasteiger partial charge in [0, 0.05) is 22.7 Å². The van der Waals surface area contributed by atoms with Gasteiger partial charge in [-0.15, -0.1) is 0 Å². The minimum absolute atomic E-state index is 0.0115. The van der Waals surface area contributed by atoms with E-state index < -0.39 is 0 Å². The van der Waals surface area contributed by atoms with Gasteiger partial charge >= 0.3 is 0 Å². The maximum absolute atomic E-state index is 7.74. The Bertz CT molecular complexity index is 1120. The zero-order valence-corrected chi connectivity index (χ0v) is 19.4. The molecule has 0 amide bonds. The fourth-order valence-electron chi connectivity index (χ4n) is 3.40. The van der Waals surface area contributed by atoms with Crippen molar-refractivity contribution < 1.29 is 0 Å². The van der Waals surface area contributed by atoms with Crippen LogP contribution in [-0.4, -0.2) is 11.9 Å². The van der Waals surface area contributed by atoms with Crippen molar-refractivity contribution in [1.29, 1.82) is 10.8 Å². The number of nitrogens with zero attached hydrogens (tertiary/aromatic N) is 2. The molecule has 0 unspecified atom stereocenters. The number of nitrogens with one attached hydrogen (secondary N) is 2. The van der Waals surface area contributed by atoms with Crippen LogP contribution in [0.15, 0.2) is 109 Å². The molecule has 172 valence electrons. The molecule has 6 nitrogen and oxygen atoms in total. The predicted octanol–water partition coefficient (Wildman–Crippen LogP) is 6.05. The number of hydrogen-bond donors (Lipinski definition) is 4. The van der Waals surface area contributed by atoms with Crippen LogP contribution in [0.4, 0.5) is 22.7 Å². The van der Waals surface area contributed by atoms with Crippen molar-refractivity contribution in [3.05, 3.63) is 120 Å². The third-order valence-electron chi connectivity index (χ3n) is 5.09. The summed E-state index contributed by atoms with van der Waals surface area (Å²) in [5, 5.41) is 15.4. The van der Waals surface area contributed by atoms with Crippen molar-refractivity contribution >= 4 is 34.7 Å². The minimum atomic E-state index is 0.0115. The quantitative estimate of drug-likeness (QED) is 0.224. The van der Waals surface area contributed by atoms with Gasteiger partial charge in [-0.05, 0) is 62.4 Å². The van der Waals surface area contributed by atoms with Gasteiger partial charge in [0.05, 0.1) is 0 Å². The Morgan fingerprint density at radius 2 is 0.735 bits per heavy atom. The summed E-state index contributed by atoms with van der Waals surface area (Å²) in [6.07, 6.45) is 0. The van der Waals surface area contributed by atoms with Crippen LogP contribution in [0, 0.1) is 24.7 Å². The third kappa shape index (κ3) is 6.23. The SMILES string of the molecule is Cc1ccc(N(C(=N)N)c2ccc(C)cc2)cc1.N=C(N)N(c1ccccc1)c1ccccc1. The summed E-state index contributed by atoms with van der Waals surface area (Å²) >= 11 is 0. The highest BCUT2D eigenvalue weighted by atomic mass is 15.2. The predicted molar refractivity (Wildman–Crippen MR) is 143 cm³/mol. The second kappa shape index (κ2) is 11.3. The second-order valence-corrected chi connectivity index (χ2v) is 7.78. The first-order valence-corrected chi connectivity index (χ1v) is 10.9. The molecule has 4 aromatic carbocycles. The molecule has 0 heterocycles. The number of nitrogens with two attached hydrogens (primary N) is 2. The maximum atomic E-state index is 7.74. The summed E-state index contributed by atoms with van der Waals surface area (Å²) in [6, 6.07) is 35.2. The molecule has 6 heteroatoms. The monoisotopic (exact) mass is 450 g/mol. The molecule has 0 aliphatic rings. The van der Waals surface area contributed by atoms with Crippen molar-refractivity contribution in [1.82, 2.24) is 0 Å². The summed E-state index contributed by atoms with van der Waals surface area (Å²) in [6.45, 7) is 4.07. The molecular weight excluding hydrogens is 420 g/mol. The van der Waals surface area contributed by atoms with Gasteiger partial charge in [-0.25, -0.2) is 0 Å². The largest absolute Gasteiger partial charge is 0.369 e. The van der Waals surface area contributed by atoms with E-state index in [-0.39, 0.29) is 11.9 Å². The number of hydrogen-bond acceptors (Lipinski definition) is 2. The Balaban J connectivity index is 0.000000192. The van der Waals surface area contributed by atoms with Gasteiger partial charge in [0.25, 0.3) is 0 Å². The Labute approximate surface area is 201 Å². The number of guanidine groups is 2. The molecule has 0 radical (unpaired) electrons. The number of benzene rings is 4. The molecule has 0 fully saturated rings. The Morgan fingerprint density at radius 1 is 0.471 bits per heavy atom. The number of aryl methyl sites for hydroxylation is 2. The summed E-state index contributed by atoms with van der Waals surface area (Å²) in [5.74, 6) is 0.0279. The zero-order valence-electron chi connectivity index (χ0n) is 19.4. The van der Waals surface area contributed by atoms with E-state index in [1.807, 2.05) is 123 Å². The molecule has 4 rings (SSSR count). The van der Waals surface area contributed by atoms with E-state index in [1.165, 1.54) is 11.1 Å². The summed E-state index contributed by atoms with van der Waals surface area (Å²) in [4.78, 5) is 3.42. The van der Waals surface area contributed by atoms with Gasteiger partial charge in [-0.1, -0.05) is 71.8 Å². The van der Waals surface area contributed by atoms with Gasteiger partial charge in [-0.3, -0.25) is 20.6 Å². The lowest BCUT2D eigenvalue weighted by Crippen LogP contribution is -2.32. The summed E-state index contributed by atoms with van der Waals surface area (Å²) < 4.78 is 0. The summed E-state index contributed by atoms with van der Waals surface area (Å²) in [5.41, 5.74) is 17.2. The van der Waals surface area contributed by atoms with Crippen LogP contribution < -0.4 is 21.3 Å². The third-order valence-corrected chi connectivity index (χ3v) is 5.09. The van der Waals surface area contributed by atoms with E-state index in [1.54, 1.807) is 9.80 Å². The van der Waals surface area contributed by atoms with E-state index in [0.29, 0.717) is 0 Å². The molecule has 0 atom stereocenters. The Morgan fingerprint density at radius 3 is 1.00 bits per heavy atom. The van der Waals surface area contributed by atoms with Crippen LogP contribution in [0.3, 0.4) is 0 Å². The standard InChI is InChI=1S/C15H17N3.C13H13N3/c1-11-3-7-13(8-4-11)18(15(16)17)14-9-5-12(2)6-10-14;14-13(15)16(11-7-3-1-4-8-11)12-9-5-2-6-10-12/h3-10H,1-2H3,(H3,16,17);1-10H,(H3,14,15). The lowest BCUT2D eigenvalue weighted by molar-refractivity contribution is 1.25. The van der Waals surface area contributed by atoms with Crippen molar-refractivity contribution in [2.45, 2.75) is 13.8 Å². The molecule has 4 aromatic rings. The van der Waals surface area contributed by atoms with E-state index >= 15 is 0 Å². The smallest absolute Gasteiger partial charge is 0.197 e. The van der Waals surface area contributed by atoms with Gasteiger partial charge in [0.2, 0.25) is 0 Å². The van der Waals surface area contributed by atoms with Crippen LogP contribution >= 0.6 is 0 Å². The Hall–Kier alpha value is -4.58. The van der Waals surface area contributed by atoms with Crippen LogP contribution in [0.5, 0.6) is 0 Å². The van der Waals surface area contributed by atoms with Crippen LogP contribution in [0.2, 0.25) is 0 Å². The highest BCUT2D eigenvalue weighted by Crippen LogP contribution is 2.26. The molecule has 0 aliphatic heterocycles. The first-order chi connectivity index (χ1) is 16.4. The molecule has 0 aliphatic carbocycles. The molecule has 0 saturated carbocycles. The highest BCUT2D eigenvalue weighted by Gasteiger charge is 2.12. The van der Waals surface area contributed by atoms with Gasteiger partial charge in [-0.2, -0.15) is 0 Å². The fourth-order valence-corrected chi connectivity index (χ4v) is 3.40. The summed E-state index contributed by atoms with van der Waals surface area (Å²) in [7, 11) is 0. The zero-order chi connectivity index (χ0) is 24.5. The van der Waals surface area contributed by atoms with E-state index in [2.05, 4.69) is 0 Å². The fraction of sp³-hybridized carbons (Fsp3) is 0.0714. The minimum Gasteiger partial charge on any atom is -0.369 e. The van der Waals surface area contributed by atoms with Crippen molar-refractivity contribution in [3.8, 4) is 0 Å². The molecule has 0 bridgehead atoms. The molecule has 0 saturated heterocycles. The first kappa shape index (κ1) is 24.1. The van der Waals surface area contributed by atoms with Crippen molar-refractivity contribution in [2.75, 3.05) is 9.80 Å². The van der Waals surface area contributed by atoms with E-state index in [9.17, 15) is 0 Å². The number of anilines is 4. The molecule has 34 heavy (non-hydrogen) atoms.